The Balaban J connectivity index is 1.60. The normalized spacial score (nSPS) is 16.8. The van der Waals surface area contributed by atoms with Crippen LogP contribution in [0, 0.1) is 18.3 Å². The minimum absolute atomic E-state index is 0.00453. The molecule has 9 nitrogen and oxygen atoms in total. The number of piperidine rings is 1. The second-order valence-corrected chi connectivity index (χ2v) is 11.4. The number of nitriles is 1. The van der Waals surface area contributed by atoms with E-state index >= 15 is 0 Å². The number of rotatable bonds is 6. The zero-order valence-corrected chi connectivity index (χ0v) is 20.7. The van der Waals surface area contributed by atoms with Gasteiger partial charge in [-0.1, -0.05) is 0 Å². The number of nitrogens with two attached hydrogens (primary N) is 1. The quantitative estimate of drug-likeness (QED) is 0.513. The monoisotopic (exact) mass is 495 g/mol. The molecule has 0 bridgehead atoms. The summed E-state index contributed by atoms with van der Waals surface area (Å²) in [5.74, 6) is 1.54. The van der Waals surface area contributed by atoms with Crippen LogP contribution < -0.4 is 15.0 Å². The number of hydrogen-bond donors (Lipinski definition) is 1. The Bertz CT molecular complexity index is 1150. The van der Waals surface area contributed by atoms with Crippen molar-refractivity contribution in [3.05, 3.63) is 35.5 Å². The average molecular weight is 495 g/mol. The van der Waals surface area contributed by atoms with Crippen molar-refractivity contribution in [3.63, 3.8) is 0 Å². The fourth-order valence-corrected chi connectivity index (χ4v) is 6.02. The van der Waals surface area contributed by atoms with E-state index in [0.717, 1.165) is 37.0 Å². The van der Waals surface area contributed by atoms with Gasteiger partial charge >= 0.3 is 195 Å². The van der Waals surface area contributed by atoms with Gasteiger partial charge in [0.25, 0.3) is 0 Å². The van der Waals surface area contributed by atoms with Gasteiger partial charge in [-0.05, 0) is 0 Å². The fourth-order valence-electron chi connectivity index (χ4n) is 3.92. The van der Waals surface area contributed by atoms with Crippen molar-refractivity contribution in [1.29, 1.82) is 5.26 Å². The summed E-state index contributed by atoms with van der Waals surface area (Å²) in [6.45, 7) is 10.6. The van der Waals surface area contributed by atoms with E-state index in [1.165, 1.54) is 6.33 Å². The molecule has 2 N–H and O–H groups in total. The first-order chi connectivity index (χ1) is 15.4. The van der Waals surface area contributed by atoms with Crippen LogP contribution in [0.2, 0.25) is 0 Å². The predicted octanol–water partition coefficient (Wildman–Crippen LogP) is 1.62. The average Bonchev–Trinajstić information content (AvgIpc) is 3.15. The molecule has 0 unspecified atom stereocenters. The molecule has 3 aromatic rings. The molecule has 32 heavy (non-hydrogen) atoms. The van der Waals surface area contributed by atoms with Crippen LogP contribution in [-0.4, -0.2) is 70.5 Å². The van der Waals surface area contributed by atoms with Crippen LogP contribution in [-0.2, 0) is 0 Å². The predicted molar refractivity (Wildman–Crippen MR) is 123 cm³/mol. The summed E-state index contributed by atoms with van der Waals surface area (Å²) in [6, 6.07) is 4.71. The Morgan fingerprint density at radius 2 is 2.00 bits per heavy atom. The molecule has 3 aromatic heterocycles. The molecule has 167 valence electrons. The maximum absolute atomic E-state index is 9.45. The van der Waals surface area contributed by atoms with Crippen LogP contribution in [0.1, 0.15) is 55.3 Å². The second kappa shape index (κ2) is 9.43. The van der Waals surface area contributed by atoms with E-state index in [2.05, 4.69) is 41.7 Å². The Kier molecular flexibility index (Phi) is 6.63. The van der Waals surface area contributed by atoms with E-state index in [4.69, 9.17) is 20.6 Å². The van der Waals surface area contributed by atoms with E-state index < -0.39 is 15.8 Å². The summed E-state index contributed by atoms with van der Waals surface area (Å²) in [5, 5.41) is 14.2. The van der Waals surface area contributed by atoms with Crippen LogP contribution in [0.4, 0.5) is 5.82 Å². The second-order valence-electron chi connectivity index (χ2n) is 8.39. The zero-order chi connectivity index (χ0) is 22.8. The molecule has 4 rings (SSSR count). The molecule has 0 aromatic carbocycles. The zero-order valence-electron chi connectivity index (χ0n) is 18.9. The van der Waals surface area contributed by atoms with E-state index in [9.17, 15) is 5.26 Å². The number of aryl methyl sites for hydroxylation is 1. The first-order valence-corrected chi connectivity index (χ1v) is 12.9. The van der Waals surface area contributed by atoms with Gasteiger partial charge in [0.2, 0.25) is 0 Å². The van der Waals surface area contributed by atoms with Crippen molar-refractivity contribution in [3.8, 4) is 11.9 Å². The summed E-state index contributed by atoms with van der Waals surface area (Å²) in [4.78, 5) is 15.6. The van der Waals surface area contributed by atoms with Gasteiger partial charge in [-0.3, -0.25) is 0 Å². The number of hydrogen-bond acceptors (Lipinski definition) is 8. The van der Waals surface area contributed by atoms with Crippen molar-refractivity contribution in [2.75, 3.05) is 18.8 Å². The van der Waals surface area contributed by atoms with Gasteiger partial charge in [0.05, 0.1) is 0 Å². The van der Waals surface area contributed by atoms with Crippen molar-refractivity contribution in [2.45, 2.75) is 57.4 Å². The van der Waals surface area contributed by atoms with Gasteiger partial charge in [-0.15, -0.1) is 0 Å². The molecule has 4 heterocycles. The molecule has 1 atom stereocenters. The SMILES string of the molecule is Cc1ccn2nc([C@H](C)[As]c3ncnc(N)c3C#N)nc(OC3CCN(C(C)C)CC3)c12. The third kappa shape index (κ3) is 4.57. The van der Waals surface area contributed by atoms with Crippen molar-refractivity contribution >= 4 is 31.6 Å². The molecule has 0 aliphatic carbocycles. The van der Waals surface area contributed by atoms with Crippen molar-refractivity contribution in [2.24, 2.45) is 0 Å². The van der Waals surface area contributed by atoms with Crippen LogP contribution in [0.25, 0.3) is 5.52 Å². The summed E-state index contributed by atoms with van der Waals surface area (Å²) in [6.07, 6.45) is 5.45. The Morgan fingerprint density at radius 1 is 1.25 bits per heavy atom. The molecule has 0 spiro atoms. The number of ether oxygens (including phenoxy) is 1. The third-order valence-electron chi connectivity index (χ3n) is 5.84. The van der Waals surface area contributed by atoms with Crippen LogP contribution in [0.5, 0.6) is 5.88 Å². The van der Waals surface area contributed by atoms with E-state index in [1.807, 2.05) is 23.7 Å². The number of fused-ring (bicyclic) bond motifs is 1. The first kappa shape index (κ1) is 22.5. The Labute approximate surface area is 194 Å². The third-order valence-corrected chi connectivity index (χ3v) is 8.36. The van der Waals surface area contributed by atoms with Gasteiger partial charge in [-0.2, -0.15) is 0 Å². The molecule has 0 amide bonds. The number of nitrogen functional groups attached to an aromatic ring is 1. The van der Waals surface area contributed by atoms with Crippen molar-refractivity contribution < 1.29 is 4.74 Å². The van der Waals surface area contributed by atoms with Gasteiger partial charge in [0.15, 0.2) is 0 Å². The first-order valence-electron chi connectivity index (χ1n) is 10.9. The van der Waals surface area contributed by atoms with Gasteiger partial charge in [-0.25, -0.2) is 0 Å². The Hall–Kier alpha value is -2.69. The minimum atomic E-state index is -0.535. The number of nitrogens with zero attached hydrogens (tertiary/aromatic N) is 7. The topological polar surface area (TPSA) is 118 Å². The molecule has 10 heteroatoms. The standard InChI is InChI=1S/C22H28AsN8O/c1-13(2)30-8-6-16(7-9-30)32-22-18-14(3)5-10-31(18)29-21(28-22)15(4)23-19-17(11-24)20(25)27-12-26-19/h5,10,12-13,15-16H,6-9H2,1-4H3,(H2,25,26,27)/t15-/m0/s1. The number of aromatic nitrogens is 5. The molecular formula is C22H28AsN8O. The number of likely N-dealkylation sites (tertiary alicyclic amines) is 1. The number of anilines is 1. The Morgan fingerprint density at radius 3 is 2.69 bits per heavy atom. The molecular weight excluding hydrogens is 467 g/mol. The van der Waals surface area contributed by atoms with Crippen molar-refractivity contribution in [1.82, 2.24) is 29.5 Å². The summed E-state index contributed by atoms with van der Waals surface area (Å²) in [7, 11) is 0. The molecule has 1 saturated heterocycles. The van der Waals surface area contributed by atoms with Crippen LogP contribution in [0.15, 0.2) is 18.6 Å². The summed E-state index contributed by atoms with van der Waals surface area (Å²) >= 11 is -0.535. The molecule has 1 radical (unpaired) electrons. The fraction of sp³-hybridized carbons (Fsp3) is 0.500. The van der Waals surface area contributed by atoms with Gasteiger partial charge in [0.1, 0.15) is 0 Å². The van der Waals surface area contributed by atoms with Gasteiger partial charge < -0.3 is 0 Å². The molecule has 1 aliphatic rings. The van der Waals surface area contributed by atoms with E-state index in [0.29, 0.717) is 27.8 Å². The van der Waals surface area contributed by atoms with Crippen LogP contribution >= 0.6 is 0 Å². The van der Waals surface area contributed by atoms with Gasteiger partial charge in [0, 0.05) is 0 Å². The summed E-state index contributed by atoms with van der Waals surface area (Å²) in [5.41, 5.74) is 8.21. The molecule has 1 fully saturated rings. The molecule has 1 aliphatic heterocycles. The van der Waals surface area contributed by atoms with Crippen LogP contribution in [0.3, 0.4) is 0 Å². The molecule has 0 saturated carbocycles. The summed E-state index contributed by atoms with van der Waals surface area (Å²) < 4.78 is 9.01. The van der Waals surface area contributed by atoms with E-state index in [-0.39, 0.29) is 16.6 Å². The van der Waals surface area contributed by atoms with E-state index in [1.54, 1.807) is 0 Å². The maximum atomic E-state index is 9.45.